The minimum atomic E-state index is -0.0541. The number of aromatic nitrogens is 2. The van der Waals surface area contributed by atoms with Crippen molar-refractivity contribution in [3.05, 3.63) is 17.0 Å². The maximum Gasteiger partial charge on any atom is 0.133 e. The Hall–Kier alpha value is -0.830. The van der Waals surface area contributed by atoms with Crippen LogP contribution in [0.2, 0.25) is 0 Å². The van der Waals surface area contributed by atoms with Crippen molar-refractivity contribution in [1.29, 1.82) is 0 Å². The Morgan fingerprint density at radius 3 is 2.92 bits per heavy atom. The first-order valence-corrected chi connectivity index (χ1v) is 5.00. The SMILES string of the molecule is CC1(c2n[nH]c3c2CCCC3)CO1. The first-order chi connectivity index (χ1) is 6.30. The fourth-order valence-electron chi connectivity index (χ4n) is 2.16. The fraction of sp³-hybridized carbons (Fsp3) is 0.700. The topological polar surface area (TPSA) is 41.2 Å². The average molecular weight is 178 g/mol. The van der Waals surface area contributed by atoms with Gasteiger partial charge in [0, 0.05) is 5.69 Å². The van der Waals surface area contributed by atoms with Crippen LogP contribution >= 0.6 is 0 Å². The van der Waals surface area contributed by atoms with Crippen molar-refractivity contribution in [2.45, 2.75) is 38.2 Å². The molecule has 1 fully saturated rings. The third-order valence-corrected chi connectivity index (χ3v) is 3.13. The van der Waals surface area contributed by atoms with Gasteiger partial charge >= 0.3 is 0 Å². The quantitative estimate of drug-likeness (QED) is 0.663. The molecular weight excluding hydrogens is 164 g/mol. The number of aryl methyl sites for hydroxylation is 1. The van der Waals surface area contributed by atoms with Crippen LogP contribution in [0, 0.1) is 0 Å². The summed E-state index contributed by atoms with van der Waals surface area (Å²) in [4.78, 5) is 0. The van der Waals surface area contributed by atoms with Crippen molar-refractivity contribution >= 4 is 0 Å². The number of fused-ring (bicyclic) bond motifs is 1. The second-order valence-corrected chi connectivity index (χ2v) is 4.26. The van der Waals surface area contributed by atoms with Gasteiger partial charge in [0.2, 0.25) is 0 Å². The molecule has 0 radical (unpaired) electrons. The molecule has 1 aliphatic heterocycles. The molecule has 3 heteroatoms. The molecule has 3 rings (SSSR count). The van der Waals surface area contributed by atoms with Crippen LogP contribution in [-0.4, -0.2) is 16.8 Å². The van der Waals surface area contributed by atoms with Gasteiger partial charge < -0.3 is 4.74 Å². The highest BCUT2D eigenvalue weighted by atomic mass is 16.6. The summed E-state index contributed by atoms with van der Waals surface area (Å²) < 4.78 is 5.42. The van der Waals surface area contributed by atoms with Crippen LogP contribution < -0.4 is 0 Å². The normalized spacial score (nSPS) is 31.5. The molecule has 0 aromatic carbocycles. The number of nitrogens with zero attached hydrogens (tertiary/aromatic N) is 1. The van der Waals surface area contributed by atoms with E-state index in [9.17, 15) is 0 Å². The Bertz CT molecular complexity index is 339. The highest BCUT2D eigenvalue weighted by Gasteiger charge is 2.45. The van der Waals surface area contributed by atoms with Crippen molar-refractivity contribution in [3.63, 3.8) is 0 Å². The van der Waals surface area contributed by atoms with E-state index in [0.29, 0.717) is 0 Å². The molecule has 0 bridgehead atoms. The first-order valence-electron chi connectivity index (χ1n) is 5.00. The van der Waals surface area contributed by atoms with Crippen LogP contribution in [0.15, 0.2) is 0 Å². The van der Waals surface area contributed by atoms with Crippen molar-refractivity contribution in [2.24, 2.45) is 0 Å². The van der Waals surface area contributed by atoms with Crippen molar-refractivity contribution in [2.75, 3.05) is 6.61 Å². The summed E-state index contributed by atoms with van der Waals surface area (Å²) in [6.45, 7) is 2.96. The molecule has 2 aliphatic rings. The van der Waals surface area contributed by atoms with Crippen LogP contribution in [0.3, 0.4) is 0 Å². The van der Waals surface area contributed by atoms with E-state index in [1.165, 1.54) is 42.6 Å². The van der Waals surface area contributed by atoms with Crippen LogP contribution in [-0.2, 0) is 23.2 Å². The van der Waals surface area contributed by atoms with E-state index >= 15 is 0 Å². The molecule has 3 nitrogen and oxygen atoms in total. The molecule has 1 unspecified atom stereocenters. The van der Waals surface area contributed by atoms with E-state index in [1.54, 1.807) is 0 Å². The highest BCUT2D eigenvalue weighted by molar-refractivity contribution is 5.33. The van der Waals surface area contributed by atoms with Crippen molar-refractivity contribution < 1.29 is 4.74 Å². The molecule has 1 N–H and O–H groups in total. The van der Waals surface area contributed by atoms with Crippen LogP contribution in [0.1, 0.15) is 36.7 Å². The van der Waals surface area contributed by atoms with Gasteiger partial charge in [-0.15, -0.1) is 0 Å². The largest absolute Gasteiger partial charge is 0.363 e. The van der Waals surface area contributed by atoms with Gasteiger partial charge in [-0.2, -0.15) is 5.10 Å². The molecule has 1 atom stereocenters. The number of hydrogen-bond donors (Lipinski definition) is 1. The van der Waals surface area contributed by atoms with Gasteiger partial charge in [-0.1, -0.05) is 0 Å². The molecule has 70 valence electrons. The van der Waals surface area contributed by atoms with Crippen LogP contribution in [0.25, 0.3) is 0 Å². The van der Waals surface area contributed by atoms with E-state index in [2.05, 4.69) is 17.1 Å². The summed E-state index contributed by atoms with van der Waals surface area (Å²) in [5.41, 5.74) is 3.90. The van der Waals surface area contributed by atoms with Crippen molar-refractivity contribution in [3.8, 4) is 0 Å². The van der Waals surface area contributed by atoms with Gasteiger partial charge in [0.25, 0.3) is 0 Å². The molecule has 0 amide bonds. The summed E-state index contributed by atoms with van der Waals surface area (Å²) in [5.74, 6) is 0. The van der Waals surface area contributed by atoms with Crippen molar-refractivity contribution in [1.82, 2.24) is 10.2 Å². The Balaban J connectivity index is 2.06. The number of hydrogen-bond acceptors (Lipinski definition) is 2. The summed E-state index contributed by atoms with van der Waals surface area (Å²) in [5, 5.41) is 7.52. The third kappa shape index (κ3) is 1.03. The van der Waals surface area contributed by atoms with E-state index in [-0.39, 0.29) is 5.60 Å². The predicted molar refractivity (Wildman–Crippen MR) is 48.5 cm³/mol. The van der Waals surface area contributed by atoms with Gasteiger partial charge in [-0.05, 0) is 38.2 Å². The molecule has 1 saturated heterocycles. The van der Waals surface area contributed by atoms with E-state index in [0.717, 1.165) is 6.61 Å². The molecule has 1 aromatic rings. The number of nitrogens with one attached hydrogen (secondary N) is 1. The standard InChI is InChI=1S/C10H14N2O/c1-10(6-13-10)9-7-4-2-3-5-8(7)11-12-9/h2-6H2,1H3,(H,11,12). The summed E-state index contributed by atoms with van der Waals surface area (Å²) >= 11 is 0. The van der Waals surface area contributed by atoms with E-state index in [1.807, 2.05) is 0 Å². The third-order valence-electron chi connectivity index (χ3n) is 3.13. The monoisotopic (exact) mass is 178 g/mol. The molecule has 1 aliphatic carbocycles. The Morgan fingerprint density at radius 2 is 2.15 bits per heavy atom. The predicted octanol–water partition coefficient (Wildman–Crippen LogP) is 1.53. The van der Waals surface area contributed by atoms with Gasteiger partial charge in [0.05, 0.1) is 12.3 Å². The first kappa shape index (κ1) is 7.56. The smallest absolute Gasteiger partial charge is 0.133 e. The Labute approximate surface area is 77.5 Å². The zero-order chi connectivity index (χ0) is 8.89. The second-order valence-electron chi connectivity index (χ2n) is 4.26. The van der Waals surface area contributed by atoms with E-state index < -0.39 is 0 Å². The number of ether oxygens (including phenoxy) is 1. The van der Waals surface area contributed by atoms with Gasteiger partial charge in [0.15, 0.2) is 0 Å². The van der Waals surface area contributed by atoms with Gasteiger partial charge in [-0.25, -0.2) is 0 Å². The molecule has 2 heterocycles. The fourth-order valence-corrected chi connectivity index (χ4v) is 2.16. The molecule has 13 heavy (non-hydrogen) atoms. The lowest BCUT2D eigenvalue weighted by molar-refractivity contribution is 0.322. The minimum absolute atomic E-state index is 0.0541. The lowest BCUT2D eigenvalue weighted by atomic mass is 9.92. The lowest BCUT2D eigenvalue weighted by Crippen LogP contribution is -2.09. The highest BCUT2D eigenvalue weighted by Crippen LogP contribution is 2.40. The number of aromatic amines is 1. The van der Waals surface area contributed by atoms with Crippen LogP contribution in [0.4, 0.5) is 0 Å². The van der Waals surface area contributed by atoms with Crippen LogP contribution in [0.5, 0.6) is 0 Å². The number of epoxide rings is 1. The zero-order valence-electron chi connectivity index (χ0n) is 7.89. The average Bonchev–Trinajstić information content (AvgIpc) is 2.76. The maximum absolute atomic E-state index is 5.42. The van der Waals surface area contributed by atoms with Gasteiger partial charge in [0.1, 0.15) is 5.60 Å². The number of rotatable bonds is 1. The zero-order valence-corrected chi connectivity index (χ0v) is 7.89. The van der Waals surface area contributed by atoms with Gasteiger partial charge in [-0.3, -0.25) is 5.10 Å². The minimum Gasteiger partial charge on any atom is -0.363 e. The molecule has 0 spiro atoms. The molecule has 0 saturated carbocycles. The Kier molecular flexibility index (Phi) is 1.37. The maximum atomic E-state index is 5.42. The molecular formula is C10H14N2O. The lowest BCUT2D eigenvalue weighted by Gasteiger charge is -2.12. The Morgan fingerprint density at radius 1 is 1.38 bits per heavy atom. The summed E-state index contributed by atoms with van der Waals surface area (Å²) in [6.07, 6.45) is 4.94. The summed E-state index contributed by atoms with van der Waals surface area (Å²) in [7, 11) is 0. The molecule has 1 aromatic heterocycles. The van der Waals surface area contributed by atoms with E-state index in [4.69, 9.17) is 4.74 Å². The summed E-state index contributed by atoms with van der Waals surface area (Å²) in [6, 6.07) is 0. The number of H-pyrrole nitrogens is 1. The second kappa shape index (κ2) is 2.35.